The Labute approximate surface area is 171 Å². The van der Waals surface area contributed by atoms with Crippen molar-refractivity contribution >= 4 is 11.8 Å². The molecule has 0 aromatic heterocycles. The molecule has 0 spiro atoms. The summed E-state index contributed by atoms with van der Waals surface area (Å²) < 4.78 is 13.2. The normalized spacial score (nSPS) is 17.2. The standard InChI is InChI=1S/C24H27FN2O2/c1-3-12-26-13-14-27(23(28)4-2)17-21(24(26)29)16-18-6-5-7-20(15-18)19-8-10-22(25)11-9-19/h3,5-11,15,21H,1,4,12-14,16-17H2,2H3/t21-/m1/s1. The lowest BCUT2D eigenvalue weighted by molar-refractivity contribution is -0.134. The minimum Gasteiger partial charge on any atom is -0.340 e. The molecule has 152 valence electrons. The lowest BCUT2D eigenvalue weighted by atomic mass is 9.94. The zero-order chi connectivity index (χ0) is 20.8. The number of halogens is 1. The molecule has 0 bridgehead atoms. The van der Waals surface area contributed by atoms with Crippen LogP contribution in [0.2, 0.25) is 0 Å². The van der Waals surface area contributed by atoms with Gasteiger partial charge in [0.15, 0.2) is 0 Å². The van der Waals surface area contributed by atoms with Crippen molar-refractivity contribution in [2.24, 2.45) is 5.92 Å². The van der Waals surface area contributed by atoms with Crippen molar-refractivity contribution in [2.45, 2.75) is 19.8 Å². The highest BCUT2D eigenvalue weighted by molar-refractivity contribution is 5.82. The topological polar surface area (TPSA) is 40.6 Å². The summed E-state index contributed by atoms with van der Waals surface area (Å²) in [6.07, 6.45) is 2.71. The summed E-state index contributed by atoms with van der Waals surface area (Å²) in [5.41, 5.74) is 2.93. The van der Waals surface area contributed by atoms with Crippen molar-refractivity contribution < 1.29 is 14.0 Å². The first-order valence-electron chi connectivity index (χ1n) is 10.0. The van der Waals surface area contributed by atoms with Gasteiger partial charge in [0, 0.05) is 32.6 Å². The summed E-state index contributed by atoms with van der Waals surface area (Å²) in [5.74, 6) is -0.430. The minimum absolute atomic E-state index is 0.0588. The van der Waals surface area contributed by atoms with E-state index >= 15 is 0 Å². The third kappa shape index (κ3) is 5.11. The van der Waals surface area contributed by atoms with Gasteiger partial charge < -0.3 is 9.80 Å². The van der Waals surface area contributed by atoms with Gasteiger partial charge in [0.05, 0.1) is 5.92 Å². The maximum Gasteiger partial charge on any atom is 0.228 e. The van der Waals surface area contributed by atoms with Gasteiger partial charge in [0.1, 0.15) is 5.82 Å². The molecular formula is C24H27FN2O2. The zero-order valence-corrected chi connectivity index (χ0v) is 16.8. The fraction of sp³-hybridized carbons (Fsp3) is 0.333. The van der Waals surface area contributed by atoms with Gasteiger partial charge in [-0.15, -0.1) is 6.58 Å². The maximum atomic E-state index is 13.2. The fourth-order valence-electron chi connectivity index (χ4n) is 3.79. The average molecular weight is 394 g/mol. The lowest BCUT2D eigenvalue weighted by Crippen LogP contribution is -2.37. The van der Waals surface area contributed by atoms with Gasteiger partial charge in [-0.3, -0.25) is 9.59 Å². The number of carbonyl (C=O) groups excluding carboxylic acids is 2. The van der Waals surface area contributed by atoms with E-state index in [0.29, 0.717) is 39.0 Å². The van der Waals surface area contributed by atoms with E-state index < -0.39 is 0 Å². The Balaban J connectivity index is 1.84. The third-order valence-electron chi connectivity index (χ3n) is 5.33. The molecule has 2 aromatic rings. The second-order valence-corrected chi connectivity index (χ2v) is 7.37. The van der Waals surface area contributed by atoms with Crippen molar-refractivity contribution in [1.29, 1.82) is 0 Å². The van der Waals surface area contributed by atoms with Crippen LogP contribution in [0, 0.1) is 11.7 Å². The molecule has 1 aliphatic heterocycles. The van der Waals surface area contributed by atoms with E-state index in [-0.39, 0.29) is 23.5 Å². The van der Waals surface area contributed by atoms with E-state index in [1.165, 1.54) is 12.1 Å². The summed E-state index contributed by atoms with van der Waals surface area (Å²) in [6.45, 7) is 7.59. The summed E-state index contributed by atoms with van der Waals surface area (Å²) >= 11 is 0. The Hall–Kier alpha value is -2.95. The molecule has 2 amide bonds. The van der Waals surface area contributed by atoms with Crippen LogP contribution in [0.4, 0.5) is 4.39 Å². The first kappa shape index (κ1) is 20.8. The Morgan fingerprint density at radius 3 is 2.62 bits per heavy atom. The van der Waals surface area contributed by atoms with E-state index in [1.54, 1.807) is 28.0 Å². The van der Waals surface area contributed by atoms with Gasteiger partial charge in [-0.25, -0.2) is 4.39 Å². The van der Waals surface area contributed by atoms with E-state index in [1.807, 2.05) is 31.2 Å². The van der Waals surface area contributed by atoms with Crippen molar-refractivity contribution in [1.82, 2.24) is 9.80 Å². The van der Waals surface area contributed by atoms with Crippen molar-refractivity contribution in [3.8, 4) is 11.1 Å². The second-order valence-electron chi connectivity index (χ2n) is 7.37. The molecule has 1 aliphatic rings. The van der Waals surface area contributed by atoms with Crippen molar-refractivity contribution in [3.63, 3.8) is 0 Å². The van der Waals surface area contributed by atoms with E-state index in [4.69, 9.17) is 0 Å². The molecule has 0 aliphatic carbocycles. The van der Waals surface area contributed by atoms with E-state index in [0.717, 1.165) is 16.7 Å². The fourth-order valence-corrected chi connectivity index (χ4v) is 3.79. The van der Waals surface area contributed by atoms with Crippen LogP contribution in [0.3, 0.4) is 0 Å². The molecule has 3 rings (SSSR count). The minimum atomic E-state index is -0.295. The first-order valence-corrected chi connectivity index (χ1v) is 10.0. The maximum absolute atomic E-state index is 13.2. The average Bonchev–Trinajstić information content (AvgIpc) is 2.88. The summed E-state index contributed by atoms with van der Waals surface area (Å²) in [6, 6.07) is 14.3. The molecule has 0 saturated carbocycles. The van der Waals surface area contributed by atoms with E-state index in [9.17, 15) is 14.0 Å². The quantitative estimate of drug-likeness (QED) is 0.697. The summed E-state index contributed by atoms with van der Waals surface area (Å²) in [5, 5.41) is 0. The highest BCUT2D eigenvalue weighted by Crippen LogP contribution is 2.24. The number of nitrogens with zero attached hydrogens (tertiary/aromatic N) is 2. The van der Waals surface area contributed by atoms with Gasteiger partial charge in [-0.2, -0.15) is 0 Å². The molecule has 0 N–H and O–H groups in total. The van der Waals surface area contributed by atoms with Gasteiger partial charge in [0.2, 0.25) is 11.8 Å². The molecule has 1 atom stereocenters. The second kappa shape index (κ2) is 9.50. The molecular weight excluding hydrogens is 367 g/mol. The molecule has 1 heterocycles. The third-order valence-corrected chi connectivity index (χ3v) is 5.33. The van der Waals surface area contributed by atoms with Crippen LogP contribution in [-0.2, 0) is 16.0 Å². The smallest absolute Gasteiger partial charge is 0.228 e. The monoisotopic (exact) mass is 394 g/mol. The van der Waals surface area contributed by atoms with Crippen LogP contribution in [0.25, 0.3) is 11.1 Å². The zero-order valence-electron chi connectivity index (χ0n) is 16.8. The molecule has 4 nitrogen and oxygen atoms in total. The lowest BCUT2D eigenvalue weighted by Gasteiger charge is -2.23. The first-order chi connectivity index (χ1) is 14.0. The van der Waals surface area contributed by atoms with Gasteiger partial charge in [0.25, 0.3) is 0 Å². The highest BCUT2D eigenvalue weighted by atomic mass is 19.1. The largest absolute Gasteiger partial charge is 0.340 e. The van der Waals surface area contributed by atoms with Gasteiger partial charge in [-0.05, 0) is 35.2 Å². The van der Waals surface area contributed by atoms with Gasteiger partial charge >= 0.3 is 0 Å². The number of hydrogen-bond acceptors (Lipinski definition) is 2. The number of amides is 2. The Bertz CT molecular complexity index is 879. The van der Waals surface area contributed by atoms with Crippen LogP contribution in [-0.4, -0.2) is 47.8 Å². The molecule has 1 fully saturated rings. The molecule has 0 radical (unpaired) electrons. The van der Waals surface area contributed by atoms with Crippen LogP contribution < -0.4 is 0 Å². The molecule has 0 unspecified atom stereocenters. The van der Waals surface area contributed by atoms with Crippen LogP contribution in [0.1, 0.15) is 18.9 Å². The van der Waals surface area contributed by atoms with Crippen LogP contribution in [0.15, 0.2) is 61.2 Å². The van der Waals surface area contributed by atoms with Crippen LogP contribution in [0.5, 0.6) is 0 Å². The van der Waals surface area contributed by atoms with Crippen LogP contribution >= 0.6 is 0 Å². The van der Waals surface area contributed by atoms with Gasteiger partial charge in [-0.1, -0.05) is 49.4 Å². The Kier molecular flexibility index (Phi) is 6.81. The Morgan fingerprint density at radius 1 is 1.17 bits per heavy atom. The van der Waals surface area contributed by atoms with E-state index in [2.05, 4.69) is 6.58 Å². The summed E-state index contributed by atoms with van der Waals surface area (Å²) in [4.78, 5) is 29.0. The number of benzene rings is 2. The molecule has 5 heteroatoms. The highest BCUT2D eigenvalue weighted by Gasteiger charge is 2.31. The molecule has 1 saturated heterocycles. The van der Waals surface area contributed by atoms with Crippen molar-refractivity contribution in [3.05, 3.63) is 72.6 Å². The molecule has 29 heavy (non-hydrogen) atoms. The van der Waals surface area contributed by atoms with Crippen molar-refractivity contribution in [2.75, 3.05) is 26.2 Å². The summed E-state index contributed by atoms with van der Waals surface area (Å²) in [7, 11) is 0. The number of carbonyl (C=O) groups is 2. The predicted octanol–water partition coefficient (Wildman–Crippen LogP) is 3.92. The number of rotatable bonds is 6. The predicted molar refractivity (Wildman–Crippen MR) is 113 cm³/mol. The SMILES string of the molecule is C=CCN1CCN(C(=O)CC)C[C@@H](Cc2cccc(-c3ccc(F)cc3)c2)C1=O. The molecule has 2 aromatic carbocycles. The Morgan fingerprint density at radius 2 is 1.93 bits per heavy atom. The number of hydrogen-bond donors (Lipinski definition) is 0.